The molecular formula is C22H29ClN2O2. The summed E-state index contributed by atoms with van der Waals surface area (Å²) in [4.78, 5) is 11.8. The summed E-state index contributed by atoms with van der Waals surface area (Å²) in [5.41, 5.74) is 2.57. The monoisotopic (exact) mass is 388 g/mol. The summed E-state index contributed by atoms with van der Waals surface area (Å²) in [6.45, 7) is 8.30. The lowest BCUT2D eigenvalue weighted by molar-refractivity contribution is 0.239. The zero-order chi connectivity index (χ0) is 19.7. The van der Waals surface area contributed by atoms with Crippen molar-refractivity contribution in [3.8, 4) is 5.75 Å². The van der Waals surface area contributed by atoms with E-state index in [4.69, 9.17) is 16.3 Å². The Hall–Kier alpha value is -2.20. The average molecular weight is 389 g/mol. The third-order valence-electron chi connectivity index (χ3n) is 4.21. The number of ether oxygens (including phenoxy) is 1. The van der Waals surface area contributed by atoms with Crippen LogP contribution in [0.4, 0.5) is 4.79 Å². The lowest BCUT2D eigenvalue weighted by Crippen LogP contribution is -2.37. The maximum absolute atomic E-state index is 11.8. The molecule has 0 radical (unpaired) electrons. The average Bonchev–Trinajstić information content (AvgIpc) is 2.63. The van der Waals surface area contributed by atoms with E-state index >= 15 is 0 Å². The topological polar surface area (TPSA) is 50.4 Å². The van der Waals surface area contributed by atoms with Crippen LogP contribution in [0.2, 0.25) is 5.02 Å². The molecule has 0 aliphatic rings. The molecule has 2 rings (SSSR count). The predicted molar refractivity (Wildman–Crippen MR) is 112 cm³/mol. The van der Waals surface area contributed by atoms with Gasteiger partial charge in [0.1, 0.15) is 5.75 Å². The van der Waals surface area contributed by atoms with E-state index in [1.807, 2.05) is 36.4 Å². The second-order valence-corrected chi connectivity index (χ2v) is 7.97. The molecular weight excluding hydrogens is 360 g/mol. The molecule has 0 saturated heterocycles. The molecule has 0 aliphatic carbocycles. The smallest absolute Gasteiger partial charge is 0.314 e. The Morgan fingerprint density at radius 1 is 0.963 bits per heavy atom. The van der Waals surface area contributed by atoms with Crippen LogP contribution in [0.3, 0.4) is 0 Å². The highest BCUT2D eigenvalue weighted by atomic mass is 35.5. The van der Waals surface area contributed by atoms with Crippen molar-refractivity contribution in [3.05, 3.63) is 64.7 Å². The Balaban J connectivity index is 1.55. The largest absolute Gasteiger partial charge is 0.494 e. The van der Waals surface area contributed by atoms with Crippen LogP contribution in [0.25, 0.3) is 0 Å². The second kappa shape index (κ2) is 10.2. The van der Waals surface area contributed by atoms with Gasteiger partial charge in [0, 0.05) is 18.1 Å². The molecule has 0 aromatic heterocycles. The molecule has 2 aromatic rings. The van der Waals surface area contributed by atoms with Crippen molar-refractivity contribution in [1.29, 1.82) is 0 Å². The van der Waals surface area contributed by atoms with Gasteiger partial charge >= 0.3 is 6.03 Å². The number of amides is 2. The first-order chi connectivity index (χ1) is 12.8. The van der Waals surface area contributed by atoms with E-state index in [1.165, 1.54) is 5.56 Å². The summed E-state index contributed by atoms with van der Waals surface area (Å²) in [5.74, 6) is 0.857. The fourth-order valence-corrected chi connectivity index (χ4v) is 2.68. The summed E-state index contributed by atoms with van der Waals surface area (Å²) in [6, 6.07) is 15.7. The highest BCUT2D eigenvalue weighted by Gasteiger charge is 2.12. The predicted octanol–water partition coefficient (Wildman–Crippen LogP) is 4.95. The molecule has 146 valence electrons. The molecule has 27 heavy (non-hydrogen) atoms. The number of rotatable bonds is 8. The summed E-state index contributed by atoms with van der Waals surface area (Å²) in [7, 11) is 0. The van der Waals surface area contributed by atoms with Crippen LogP contribution in [0.15, 0.2) is 48.5 Å². The van der Waals surface area contributed by atoms with Crippen molar-refractivity contribution in [3.63, 3.8) is 0 Å². The first-order valence-corrected chi connectivity index (χ1v) is 9.72. The minimum Gasteiger partial charge on any atom is -0.494 e. The Bertz CT molecular complexity index is 707. The van der Waals surface area contributed by atoms with Crippen LogP contribution in [0.5, 0.6) is 5.75 Å². The van der Waals surface area contributed by atoms with Gasteiger partial charge in [0.25, 0.3) is 0 Å². The minimum absolute atomic E-state index is 0.142. The Morgan fingerprint density at radius 2 is 1.59 bits per heavy atom. The Kier molecular flexibility index (Phi) is 7.99. The number of carbonyl (C=O) groups excluding carboxylic acids is 1. The van der Waals surface area contributed by atoms with Crippen molar-refractivity contribution in [2.45, 2.75) is 39.0 Å². The van der Waals surface area contributed by atoms with Crippen molar-refractivity contribution in [2.75, 3.05) is 19.7 Å². The molecule has 0 fully saturated rings. The number of hydrogen-bond acceptors (Lipinski definition) is 2. The molecule has 0 spiro atoms. The van der Waals surface area contributed by atoms with Gasteiger partial charge in [0.05, 0.1) is 6.61 Å². The Morgan fingerprint density at radius 3 is 2.22 bits per heavy atom. The highest BCUT2D eigenvalue weighted by molar-refractivity contribution is 6.30. The third kappa shape index (κ3) is 7.92. The molecule has 2 amide bonds. The maximum Gasteiger partial charge on any atom is 0.314 e. The van der Waals surface area contributed by atoms with Gasteiger partial charge in [-0.25, -0.2) is 4.79 Å². The van der Waals surface area contributed by atoms with Crippen LogP contribution in [-0.2, 0) is 11.8 Å². The zero-order valence-electron chi connectivity index (χ0n) is 16.3. The van der Waals surface area contributed by atoms with Gasteiger partial charge in [-0.05, 0) is 53.6 Å². The highest BCUT2D eigenvalue weighted by Crippen LogP contribution is 2.24. The number of nitrogens with one attached hydrogen (secondary N) is 2. The molecule has 4 nitrogen and oxygen atoms in total. The van der Waals surface area contributed by atoms with Gasteiger partial charge in [0.2, 0.25) is 0 Å². The van der Waals surface area contributed by atoms with Gasteiger partial charge in [-0.3, -0.25) is 0 Å². The first kappa shape index (κ1) is 21.1. The molecule has 0 atom stereocenters. The molecule has 0 heterocycles. The summed E-state index contributed by atoms with van der Waals surface area (Å²) >= 11 is 5.85. The summed E-state index contributed by atoms with van der Waals surface area (Å²) in [5, 5.41) is 6.41. The maximum atomic E-state index is 11.8. The number of urea groups is 1. The van der Waals surface area contributed by atoms with Gasteiger partial charge in [0.15, 0.2) is 0 Å². The van der Waals surface area contributed by atoms with Crippen LogP contribution < -0.4 is 15.4 Å². The standard InChI is InChI=1S/C22H29ClN2O2/c1-22(2,3)18-7-11-20(12-8-18)27-16-4-14-24-21(26)25-15-13-17-5-9-19(23)10-6-17/h5-12H,4,13-16H2,1-3H3,(H2,24,25,26). The normalized spacial score (nSPS) is 11.1. The zero-order valence-corrected chi connectivity index (χ0v) is 17.1. The molecule has 0 saturated carbocycles. The second-order valence-electron chi connectivity index (χ2n) is 7.54. The van der Waals surface area contributed by atoms with Gasteiger partial charge in [-0.2, -0.15) is 0 Å². The number of hydrogen-bond donors (Lipinski definition) is 2. The SMILES string of the molecule is CC(C)(C)c1ccc(OCCCNC(=O)NCCc2ccc(Cl)cc2)cc1. The molecule has 2 aromatic carbocycles. The van der Waals surface area contributed by atoms with Crippen molar-refractivity contribution in [2.24, 2.45) is 0 Å². The Labute approximate surface area is 167 Å². The van der Waals surface area contributed by atoms with Crippen LogP contribution in [-0.4, -0.2) is 25.7 Å². The van der Waals surface area contributed by atoms with Gasteiger partial charge in [-0.15, -0.1) is 0 Å². The first-order valence-electron chi connectivity index (χ1n) is 9.34. The van der Waals surface area contributed by atoms with Crippen LogP contribution in [0.1, 0.15) is 38.3 Å². The third-order valence-corrected chi connectivity index (χ3v) is 4.46. The minimum atomic E-state index is -0.154. The quantitative estimate of drug-likeness (QED) is 0.628. The van der Waals surface area contributed by atoms with E-state index in [0.29, 0.717) is 19.7 Å². The van der Waals surface area contributed by atoms with Crippen molar-refractivity contribution >= 4 is 17.6 Å². The summed E-state index contributed by atoms with van der Waals surface area (Å²) in [6.07, 6.45) is 1.53. The fraction of sp³-hybridized carbons (Fsp3) is 0.409. The van der Waals surface area contributed by atoms with Gasteiger partial charge < -0.3 is 15.4 Å². The number of benzene rings is 2. The van der Waals surface area contributed by atoms with E-state index in [1.54, 1.807) is 0 Å². The fourth-order valence-electron chi connectivity index (χ4n) is 2.55. The molecule has 0 bridgehead atoms. The molecule has 2 N–H and O–H groups in total. The number of halogens is 1. The lowest BCUT2D eigenvalue weighted by Gasteiger charge is -2.19. The lowest BCUT2D eigenvalue weighted by atomic mass is 9.87. The van der Waals surface area contributed by atoms with E-state index in [0.717, 1.165) is 29.2 Å². The van der Waals surface area contributed by atoms with Crippen LogP contribution in [0, 0.1) is 0 Å². The van der Waals surface area contributed by atoms with E-state index in [-0.39, 0.29) is 11.4 Å². The van der Waals surface area contributed by atoms with E-state index in [9.17, 15) is 4.79 Å². The van der Waals surface area contributed by atoms with E-state index in [2.05, 4.69) is 43.5 Å². The van der Waals surface area contributed by atoms with Crippen molar-refractivity contribution in [1.82, 2.24) is 10.6 Å². The molecule has 0 aliphatic heterocycles. The molecule has 0 unspecified atom stereocenters. The van der Waals surface area contributed by atoms with Gasteiger partial charge in [-0.1, -0.05) is 56.6 Å². The molecule has 5 heteroatoms. The number of carbonyl (C=O) groups is 1. The van der Waals surface area contributed by atoms with E-state index < -0.39 is 0 Å². The van der Waals surface area contributed by atoms with Crippen molar-refractivity contribution < 1.29 is 9.53 Å². The van der Waals surface area contributed by atoms with Crippen LogP contribution >= 0.6 is 11.6 Å². The summed E-state index contributed by atoms with van der Waals surface area (Å²) < 4.78 is 5.72.